The summed E-state index contributed by atoms with van der Waals surface area (Å²) in [4.78, 5) is 25.0. The molecule has 0 spiro atoms. The molecule has 182 valence electrons. The third-order valence-corrected chi connectivity index (χ3v) is 6.32. The zero-order valence-electron chi connectivity index (χ0n) is 19.2. The van der Waals surface area contributed by atoms with Gasteiger partial charge in [0.15, 0.2) is 6.73 Å². The maximum absolute atomic E-state index is 14.3. The quantitative estimate of drug-likeness (QED) is 0.548. The molecule has 2 aliphatic rings. The van der Waals surface area contributed by atoms with E-state index >= 15 is 0 Å². The molecule has 0 bridgehead atoms. The van der Waals surface area contributed by atoms with E-state index in [0.29, 0.717) is 6.04 Å². The minimum absolute atomic E-state index is 0.0435. The predicted molar refractivity (Wildman–Crippen MR) is 132 cm³/mol. The lowest BCUT2D eigenvalue weighted by Gasteiger charge is -2.36. The topological polar surface area (TPSA) is 91.8 Å². The number of hydrogen-bond donors (Lipinski definition) is 2. The van der Waals surface area contributed by atoms with Gasteiger partial charge in [-0.2, -0.15) is 4.98 Å². The first-order valence-corrected chi connectivity index (χ1v) is 11.5. The lowest BCUT2D eigenvalue weighted by atomic mass is 10.1. The second-order valence-electron chi connectivity index (χ2n) is 8.25. The highest BCUT2D eigenvalue weighted by Crippen LogP contribution is 2.35. The van der Waals surface area contributed by atoms with Gasteiger partial charge in [0.05, 0.1) is 17.8 Å². The maximum Gasteiger partial charge on any atom is 0.268 e. The molecule has 3 heterocycles. The molecule has 0 saturated carbocycles. The van der Waals surface area contributed by atoms with Crippen molar-refractivity contribution in [1.29, 1.82) is 0 Å². The Labute approximate surface area is 206 Å². The van der Waals surface area contributed by atoms with Crippen LogP contribution in [0.25, 0.3) is 0 Å². The molecule has 0 aliphatic carbocycles. The Morgan fingerprint density at radius 2 is 2.17 bits per heavy atom. The molecule has 0 unspecified atom stereocenters. The lowest BCUT2D eigenvalue weighted by Crippen LogP contribution is -2.50. The van der Waals surface area contributed by atoms with Crippen molar-refractivity contribution in [2.24, 2.45) is 0 Å². The zero-order valence-corrected chi connectivity index (χ0v) is 20.0. The van der Waals surface area contributed by atoms with Crippen LogP contribution >= 0.6 is 11.6 Å². The van der Waals surface area contributed by atoms with Gasteiger partial charge in [-0.3, -0.25) is 9.69 Å². The molecule has 2 aromatic carbocycles. The Bertz CT molecular complexity index is 1260. The van der Waals surface area contributed by atoms with Crippen LogP contribution < -0.4 is 29.9 Å². The molecular formula is C24H24ClFN6O3. The van der Waals surface area contributed by atoms with Crippen LogP contribution in [-0.2, 0) is 0 Å². The number of amides is 1. The molecule has 3 aromatic rings. The number of carbonyl (C=O) groups excluding carboxylic acids is 1. The number of anilines is 4. The van der Waals surface area contributed by atoms with E-state index in [2.05, 4.69) is 32.4 Å². The van der Waals surface area contributed by atoms with Crippen LogP contribution in [0.15, 0.2) is 42.6 Å². The standard InChI is InChI=1S/C24H24ClFN6O3/c1-14-11-27-8-9-31(14)19-7-6-15(10-20(19)34-2)29-24-28-12-16-22(30-24)35-13-32(23(16)33)21-17(25)4-3-5-18(21)26/h3-7,10,12,14,27H,8-9,11,13H2,1-2H3,(H,28,29,30)/t14-/m1/s1. The molecule has 2 N–H and O–H groups in total. The number of rotatable bonds is 5. The number of methoxy groups -OCH3 is 1. The lowest BCUT2D eigenvalue weighted by molar-refractivity contribution is 0.0931. The molecule has 1 amide bonds. The highest BCUT2D eigenvalue weighted by Gasteiger charge is 2.32. The summed E-state index contributed by atoms with van der Waals surface area (Å²) in [5.41, 5.74) is 1.80. The summed E-state index contributed by atoms with van der Waals surface area (Å²) < 4.78 is 25.6. The Hall–Kier alpha value is -3.63. The Morgan fingerprint density at radius 1 is 1.31 bits per heavy atom. The highest BCUT2D eigenvalue weighted by molar-refractivity contribution is 6.34. The molecule has 1 aromatic heterocycles. The molecular weight excluding hydrogens is 475 g/mol. The average Bonchev–Trinajstić information content (AvgIpc) is 2.85. The normalized spacial score (nSPS) is 17.6. The van der Waals surface area contributed by atoms with Crippen LogP contribution in [0.1, 0.15) is 17.3 Å². The van der Waals surface area contributed by atoms with Crippen LogP contribution in [0.4, 0.5) is 27.4 Å². The highest BCUT2D eigenvalue weighted by atomic mass is 35.5. The number of carbonyl (C=O) groups is 1. The van der Waals surface area contributed by atoms with Gasteiger partial charge < -0.3 is 25.0 Å². The molecule has 1 saturated heterocycles. The van der Waals surface area contributed by atoms with Crippen molar-refractivity contribution in [3.63, 3.8) is 0 Å². The number of para-hydroxylation sites is 1. The maximum atomic E-state index is 14.3. The second-order valence-corrected chi connectivity index (χ2v) is 8.65. The molecule has 1 atom stereocenters. The smallest absolute Gasteiger partial charge is 0.268 e. The summed E-state index contributed by atoms with van der Waals surface area (Å²) in [5.74, 6) is -0.0371. The van der Waals surface area contributed by atoms with E-state index in [1.165, 1.54) is 24.4 Å². The fourth-order valence-electron chi connectivity index (χ4n) is 4.25. The Balaban J connectivity index is 1.36. The van der Waals surface area contributed by atoms with Crippen molar-refractivity contribution < 1.29 is 18.7 Å². The van der Waals surface area contributed by atoms with Gasteiger partial charge in [-0.05, 0) is 31.2 Å². The van der Waals surface area contributed by atoms with Gasteiger partial charge in [0.25, 0.3) is 5.91 Å². The molecule has 1 fully saturated rings. The number of ether oxygens (including phenoxy) is 2. The van der Waals surface area contributed by atoms with Crippen LogP contribution in [0.2, 0.25) is 5.02 Å². The first-order valence-electron chi connectivity index (χ1n) is 11.1. The van der Waals surface area contributed by atoms with E-state index in [4.69, 9.17) is 21.1 Å². The van der Waals surface area contributed by atoms with Gasteiger partial charge in [-0.25, -0.2) is 9.37 Å². The number of nitrogens with one attached hydrogen (secondary N) is 2. The van der Waals surface area contributed by atoms with E-state index in [1.54, 1.807) is 7.11 Å². The van der Waals surface area contributed by atoms with E-state index < -0.39 is 11.7 Å². The molecule has 9 nitrogen and oxygen atoms in total. The van der Waals surface area contributed by atoms with Crippen molar-refractivity contribution in [2.45, 2.75) is 13.0 Å². The first-order chi connectivity index (χ1) is 17.0. The number of halogens is 2. The predicted octanol–water partition coefficient (Wildman–Crippen LogP) is 3.82. The first kappa shape index (κ1) is 23.1. The van der Waals surface area contributed by atoms with Crippen LogP contribution in [0.5, 0.6) is 11.6 Å². The summed E-state index contributed by atoms with van der Waals surface area (Å²) >= 11 is 6.12. The molecule has 11 heteroatoms. The third-order valence-electron chi connectivity index (χ3n) is 6.01. The SMILES string of the molecule is COc1cc(Nc2ncc3c(n2)OCN(c2c(F)cccc2Cl)C3=O)ccc1N1CCNC[C@H]1C. The van der Waals surface area contributed by atoms with E-state index in [9.17, 15) is 9.18 Å². The van der Waals surface area contributed by atoms with Crippen molar-refractivity contribution in [2.75, 3.05) is 48.6 Å². The number of benzene rings is 2. The summed E-state index contributed by atoms with van der Waals surface area (Å²) in [7, 11) is 1.64. The monoisotopic (exact) mass is 498 g/mol. The van der Waals surface area contributed by atoms with Crippen molar-refractivity contribution in [3.05, 3.63) is 59.0 Å². The number of fused-ring (bicyclic) bond motifs is 1. The number of nitrogens with zero attached hydrogens (tertiary/aromatic N) is 4. The van der Waals surface area contributed by atoms with Gasteiger partial charge in [0.1, 0.15) is 22.8 Å². The van der Waals surface area contributed by atoms with E-state index in [1.807, 2.05) is 18.2 Å². The minimum Gasteiger partial charge on any atom is -0.495 e. The van der Waals surface area contributed by atoms with Gasteiger partial charge in [-0.15, -0.1) is 0 Å². The van der Waals surface area contributed by atoms with Crippen molar-refractivity contribution in [3.8, 4) is 11.6 Å². The fraction of sp³-hybridized carbons (Fsp3) is 0.292. The number of hydrogen-bond acceptors (Lipinski definition) is 8. The molecule has 2 aliphatic heterocycles. The summed E-state index contributed by atoms with van der Waals surface area (Å²) in [6.45, 7) is 4.65. The molecule has 5 rings (SSSR count). The average molecular weight is 499 g/mol. The third kappa shape index (κ3) is 4.42. The van der Waals surface area contributed by atoms with E-state index in [0.717, 1.165) is 41.7 Å². The van der Waals surface area contributed by atoms with Gasteiger partial charge in [0, 0.05) is 43.6 Å². The van der Waals surface area contributed by atoms with Gasteiger partial charge in [-0.1, -0.05) is 17.7 Å². The minimum atomic E-state index is -0.621. The zero-order chi connectivity index (χ0) is 24.5. The summed E-state index contributed by atoms with van der Waals surface area (Å²) in [6, 6.07) is 10.3. The van der Waals surface area contributed by atoms with Gasteiger partial charge in [0.2, 0.25) is 11.8 Å². The summed E-state index contributed by atoms with van der Waals surface area (Å²) in [5, 5.41) is 6.62. The molecule has 0 radical (unpaired) electrons. The fourth-order valence-corrected chi connectivity index (χ4v) is 4.51. The van der Waals surface area contributed by atoms with Crippen molar-refractivity contribution >= 4 is 40.5 Å². The van der Waals surface area contributed by atoms with Crippen molar-refractivity contribution in [1.82, 2.24) is 15.3 Å². The Morgan fingerprint density at radius 3 is 2.94 bits per heavy atom. The van der Waals surface area contributed by atoms with Crippen LogP contribution in [-0.4, -0.2) is 55.4 Å². The van der Waals surface area contributed by atoms with E-state index in [-0.39, 0.29) is 34.8 Å². The number of piperazine rings is 1. The molecule has 35 heavy (non-hydrogen) atoms. The van der Waals surface area contributed by atoms with Crippen LogP contribution in [0.3, 0.4) is 0 Å². The summed E-state index contributed by atoms with van der Waals surface area (Å²) in [6.07, 6.45) is 1.35. The Kier molecular flexibility index (Phi) is 6.31. The second kappa shape index (κ2) is 9.55. The van der Waals surface area contributed by atoms with Gasteiger partial charge >= 0.3 is 0 Å². The number of aromatic nitrogens is 2. The largest absolute Gasteiger partial charge is 0.495 e. The van der Waals surface area contributed by atoms with Crippen LogP contribution in [0, 0.1) is 5.82 Å².